The topological polar surface area (TPSA) is 88.6 Å². The van der Waals surface area contributed by atoms with Crippen LogP contribution < -0.4 is 28.7 Å². The van der Waals surface area contributed by atoms with Crippen molar-refractivity contribution in [3.05, 3.63) is 30.1 Å². The molecule has 1 heterocycles. The maximum Gasteiger partial charge on any atom is 1.00 e. The molecule has 0 aromatic carbocycles. The van der Waals surface area contributed by atoms with E-state index in [1.54, 1.807) is 6.92 Å². The molecule has 6 nitrogen and oxygen atoms in total. The molecule has 0 saturated carbocycles. The van der Waals surface area contributed by atoms with Gasteiger partial charge in [0.2, 0.25) is 0 Å². The minimum Gasteiger partial charge on any atom is -0.872 e. The average Bonchev–Trinajstić information content (AvgIpc) is 2.39. The summed E-state index contributed by atoms with van der Waals surface area (Å²) in [5.74, 6) is -2.29. The van der Waals surface area contributed by atoms with Crippen molar-refractivity contribution in [1.29, 1.82) is 0 Å². The number of nitrogens with zero attached hydrogens (tertiary/aromatic N) is 1. The summed E-state index contributed by atoms with van der Waals surface area (Å²) < 4.78 is 9.36. The Hall–Kier alpha value is -1.77. The van der Waals surface area contributed by atoms with Gasteiger partial charge in [-0.2, -0.15) is 0 Å². The van der Waals surface area contributed by atoms with Gasteiger partial charge >= 0.3 is 24.8 Å². The van der Waals surface area contributed by atoms with E-state index in [0.717, 1.165) is 0 Å². The monoisotopic (exact) mass is 257 g/mol. The molecule has 7 heteroatoms. The fourth-order valence-corrected chi connectivity index (χ4v) is 1.13. The van der Waals surface area contributed by atoms with E-state index in [-0.39, 0.29) is 31.0 Å². The summed E-state index contributed by atoms with van der Waals surface area (Å²) in [5.41, 5.74) is 0.159. The normalized spacial score (nSPS) is 10.3. The molecule has 0 fully saturated rings. The number of ketones is 1. The van der Waals surface area contributed by atoms with Gasteiger partial charge in [0.25, 0.3) is 5.78 Å². The van der Waals surface area contributed by atoms with Gasteiger partial charge in [0, 0.05) is 6.20 Å². The summed E-state index contributed by atoms with van der Waals surface area (Å²) >= 11 is 0. The number of pyridine rings is 1. The molecule has 0 bridgehead atoms. The first-order valence-corrected chi connectivity index (χ1v) is 5.17. The van der Waals surface area contributed by atoms with Crippen molar-refractivity contribution < 1.29 is 43.0 Å². The largest absolute Gasteiger partial charge is 1.00 e. The van der Waals surface area contributed by atoms with Crippen LogP contribution in [0.4, 0.5) is 0 Å². The van der Waals surface area contributed by atoms with Crippen LogP contribution >= 0.6 is 0 Å². The van der Waals surface area contributed by atoms with Crippen molar-refractivity contribution in [2.45, 2.75) is 6.92 Å². The van der Waals surface area contributed by atoms with Gasteiger partial charge in [0.1, 0.15) is 5.75 Å². The SMILES string of the molecule is CCOC(=O)C(=O)/C=C(\[O-])c1cncc(OC)c1.[Li+]. The molecule has 0 aliphatic heterocycles. The van der Waals surface area contributed by atoms with Crippen LogP contribution in [0.1, 0.15) is 12.5 Å². The summed E-state index contributed by atoms with van der Waals surface area (Å²) in [6.07, 6.45) is 3.37. The number of aromatic nitrogens is 1. The maximum atomic E-state index is 11.7. The van der Waals surface area contributed by atoms with Gasteiger partial charge < -0.3 is 14.6 Å². The predicted octanol–water partition coefficient (Wildman–Crippen LogP) is -3.07. The first kappa shape index (κ1) is 17.2. The molecule has 19 heavy (non-hydrogen) atoms. The second-order valence-corrected chi connectivity index (χ2v) is 3.21. The van der Waals surface area contributed by atoms with Gasteiger partial charge in [-0.3, -0.25) is 9.78 Å². The number of rotatable bonds is 5. The molecule has 1 aromatic heterocycles. The van der Waals surface area contributed by atoms with E-state index in [9.17, 15) is 14.7 Å². The summed E-state index contributed by atoms with van der Waals surface area (Å²) in [6, 6.07) is 1.42. The zero-order chi connectivity index (χ0) is 13.5. The maximum absolute atomic E-state index is 11.7. The molecule has 0 saturated heterocycles. The Morgan fingerprint density at radius 1 is 1.42 bits per heavy atom. The van der Waals surface area contributed by atoms with E-state index in [0.29, 0.717) is 11.8 Å². The molecule has 0 aliphatic rings. The molecule has 0 radical (unpaired) electrons. The summed E-state index contributed by atoms with van der Waals surface area (Å²) in [6.45, 7) is 1.65. The number of ether oxygens (including phenoxy) is 2. The van der Waals surface area contributed by atoms with E-state index in [2.05, 4.69) is 9.72 Å². The molecule has 1 aromatic rings. The molecular weight excluding hydrogens is 245 g/mol. The van der Waals surface area contributed by atoms with Crippen LogP contribution in [-0.2, 0) is 14.3 Å². The van der Waals surface area contributed by atoms with Crippen molar-refractivity contribution in [3.63, 3.8) is 0 Å². The number of carbonyl (C=O) groups is 2. The standard InChI is InChI=1S/C12H13NO5.Li/c1-3-18-12(16)11(15)5-10(14)8-4-9(17-2)7-13-6-8;/h4-7,14H,3H2,1-2H3;/q;+1/p-1/b10-5-;. The van der Waals surface area contributed by atoms with E-state index in [4.69, 9.17) is 4.74 Å². The first-order chi connectivity index (χ1) is 8.58. The van der Waals surface area contributed by atoms with Gasteiger partial charge in [0.05, 0.1) is 19.9 Å². The Morgan fingerprint density at radius 3 is 2.68 bits per heavy atom. The predicted molar refractivity (Wildman–Crippen MR) is 60.4 cm³/mol. The molecule has 0 spiro atoms. The number of esters is 1. The van der Waals surface area contributed by atoms with Crippen LogP contribution in [-0.4, -0.2) is 30.5 Å². The summed E-state index contributed by atoms with van der Waals surface area (Å²) in [7, 11) is 1.43. The second-order valence-electron chi connectivity index (χ2n) is 3.21. The quantitative estimate of drug-likeness (QED) is 0.183. The fourth-order valence-electron chi connectivity index (χ4n) is 1.13. The van der Waals surface area contributed by atoms with Crippen LogP contribution in [0.2, 0.25) is 0 Å². The Balaban J connectivity index is 0.00000324. The first-order valence-electron chi connectivity index (χ1n) is 5.17. The molecule has 0 amide bonds. The zero-order valence-electron chi connectivity index (χ0n) is 11.0. The van der Waals surface area contributed by atoms with Crippen molar-refractivity contribution >= 4 is 17.5 Å². The molecule has 1 rings (SSSR count). The van der Waals surface area contributed by atoms with Crippen LogP contribution in [0.5, 0.6) is 5.75 Å². The van der Waals surface area contributed by atoms with Crippen LogP contribution in [0, 0.1) is 0 Å². The van der Waals surface area contributed by atoms with E-state index in [1.165, 1.54) is 25.6 Å². The fraction of sp³-hybridized carbons (Fsp3) is 0.250. The summed E-state index contributed by atoms with van der Waals surface area (Å²) in [4.78, 5) is 26.1. The third-order valence-corrected chi connectivity index (χ3v) is 1.97. The minimum atomic E-state index is -1.05. The van der Waals surface area contributed by atoms with Crippen LogP contribution in [0.25, 0.3) is 5.76 Å². The third-order valence-electron chi connectivity index (χ3n) is 1.97. The molecule has 96 valence electrons. The van der Waals surface area contributed by atoms with Crippen molar-refractivity contribution in [1.82, 2.24) is 4.98 Å². The molecule has 0 N–H and O–H groups in total. The van der Waals surface area contributed by atoms with E-state index in [1.807, 2.05) is 0 Å². The summed E-state index contributed by atoms with van der Waals surface area (Å²) in [5, 5.41) is 11.7. The molecular formula is C12H12LiNO5. The van der Waals surface area contributed by atoms with Crippen molar-refractivity contribution in [3.8, 4) is 5.75 Å². The Labute approximate surface area is 122 Å². The molecule has 0 unspecified atom stereocenters. The average molecular weight is 257 g/mol. The van der Waals surface area contributed by atoms with E-state index < -0.39 is 17.5 Å². The van der Waals surface area contributed by atoms with Gasteiger partial charge in [-0.15, -0.1) is 0 Å². The Morgan fingerprint density at radius 2 is 2.11 bits per heavy atom. The van der Waals surface area contributed by atoms with Gasteiger partial charge in [-0.25, -0.2) is 4.79 Å². The van der Waals surface area contributed by atoms with Crippen molar-refractivity contribution in [2.75, 3.05) is 13.7 Å². The molecule has 0 atom stereocenters. The van der Waals surface area contributed by atoms with Gasteiger partial charge in [0.15, 0.2) is 0 Å². The third kappa shape index (κ3) is 5.16. The Kier molecular flexibility index (Phi) is 7.57. The van der Waals surface area contributed by atoms with Gasteiger partial charge in [-0.1, -0.05) is 5.76 Å². The van der Waals surface area contributed by atoms with Crippen molar-refractivity contribution in [2.24, 2.45) is 0 Å². The minimum absolute atomic E-state index is 0. The molecule has 0 aliphatic carbocycles. The number of hydrogen-bond donors (Lipinski definition) is 0. The number of methoxy groups -OCH3 is 1. The van der Waals surface area contributed by atoms with Crippen LogP contribution in [0.3, 0.4) is 0 Å². The zero-order valence-corrected chi connectivity index (χ0v) is 11.0. The Bertz CT molecular complexity index is 487. The van der Waals surface area contributed by atoms with E-state index >= 15 is 0 Å². The van der Waals surface area contributed by atoms with Crippen LogP contribution in [0.15, 0.2) is 24.5 Å². The second kappa shape index (κ2) is 8.35. The van der Waals surface area contributed by atoms with Gasteiger partial charge in [-0.05, 0) is 24.6 Å². The number of carbonyl (C=O) groups excluding carboxylic acids is 2. The smallest absolute Gasteiger partial charge is 0.872 e. The number of hydrogen-bond acceptors (Lipinski definition) is 6.